The topological polar surface area (TPSA) is 67.0 Å². The first-order valence-electron chi connectivity index (χ1n) is 6.67. The minimum atomic E-state index is -0.612. The van der Waals surface area contributed by atoms with E-state index in [0.29, 0.717) is 21.2 Å². The average molecular weight is 466 g/mol. The lowest BCUT2D eigenvalue weighted by Crippen LogP contribution is -2.27. The standard InChI is InChI=1S/C15H14Cl2IN3O2/c1-15(2,3)23-14(22)20-10-6-8(16)12(17)13-11(10)9(18)7-21(13)5-4-19/h6-7H,5H2,1-3H3,(H,20,22). The van der Waals surface area contributed by atoms with Crippen LogP contribution in [0.1, 0.15) is 20.8 Å². The molecule has 0 radical (unpaired) electrons. The summed E-state index contributed by atoms with van der Waals surface area (Å²) in [6.07, 6.45) is 1.21. The monoisotopic (exact) mass is 465 g/mol. The molecule has 1 N–H and O–H groups in total. The summed E-state index contributed by atoms with van der Waals surface area (Å²) < 4.78 is 7.81. The Kier molecular flexibility index (Phi) is 5.33. The molecule has 23 heavy (non-hydrogen) atoms. The van der Waals surface area contributed by atoms with Crippen LogP contribution in [0, 0.1) is 14.9 Å². The van der Waals surface area contributed by atoms with Crippen molar-refractivity contribution in [2.45, 2.75) is 32.9 Å². The Labute approximate surface area is 157 Å². The Balaban J connectivity index is 2.55. The van der Waals surface area contributed by atoms with E-state index in [0.717, 1.165) is 8.96 Å². The van der Waals surface area contributed by atoms with E-state index >= 15 is 0 Å². The molecule has 1 aromatic heterocycles. The second kappa shape index (κ2) is 6.75. The van der Waals surface area contributed by atoms with E-state index in [4.69, 9.17) is 33.2 Å². The second-order valence-electron chi connectivity index (χ2n) is 5.83. The Hall–Kier alpha value is -1.17. The van der Waals surface area contributed by atoms with Crippen molar-refractivity contribution in [2.24, 2.45) is 0 Å². The molecular formula is C15H14Cl2IN3O2. The van der Waals surface area contributed by atoms with Crippen LogP contribution in [0.3, 0.4) is 0 Å². The van der Waals surface area contributed by atoms with Crippen LogP contribution in [0.4, 0.5) is 10.5 Å². The zero-order valence-corrected chi connectivity index (χ0v) is 16.4. The van der Waals surface area contributed by atoms with Gasteiger partial charge in [-0.3, -0.25) is 5.32 Å². The third-order valence-corrected chi connectivity index (χ3v) is 4.46. The summed E-state index contributed by atoms with van der Waals surface area (Å²) in [7, 11) is 0. The van der Waals surface area contributed by atoms with Crippen molar-refractivity contribution in [3.05, 3.63) is 25.9 Å². The van der Waals surface area contributed by atoms with Crippen molar-refractivity contribution in [2.75, 3.05) is 5.32 Å². The van der Waals surface area contributed by atoms with Gasteiger partial charge in [0.2, 0.25) is 0 Å². The largest absolute Gasteiger partial charge is 0.444 e. The zero-order valence-electron chi connectivity index (χ0n) is 12.7. The molecule has 0 aliphatic carbocycles. The minimum absolute atomic E-state index is 0.130. The molecule has 0 aliphatic rings. The lowest BCUT2D eigenvalue weighted by molar-refractivity contribution is 0.0636. The van der Waals surface area contributed by atoms with Gasteiger partial charge in [-0.2, -0.15) is 5.26 Å². The lowest BCUT2D eigenvalue weighted by Gasteiger charge is -2.20. The highest BCUT2D eigenvalue weighted by Gasteiger charge is 2.21. The Bertz CT molecular complexity index is 819. The number of carbonyl (C=O) groups excluding carboxylic acids is 1. The van der Waals surface area contributed by atoms with Gasteiger partial charge < -0.3 is 9.30 Å². The number of anilines is 1. The first kappa shape index (κ1) is 18.2. The number of nitrogens with zero attached hydrogens (tertiary/aromatic N) is 2. The molecule has 0 atom stereocenters. The van der Waals surface area contributed by atoms with Gasteiger partial charge in [-0.15, -0.1) is 0 Å². The highest BCUT2D eigenvalue weighted by molar-refractivity contribution is 14.1. The first-order chi connectivity index (χ1) is 10.6. The van der Waals surface area contributed by atoms with E-state index in [9.17, 15) is 4.79 Å². The zero-order chi connectivity index (χ0) is 17.4. The predicted molar refractivity (Wildman–Crippen MR) is 100 cm³/mol. The van der Waals surface area contributed by atoms with Gasteiger partial charge >= 0.3 is 6.09 Å². The summed E-state index contributed by atoms with van der Waals surface area (Å²) in [5, 5.41) is 13.0. The highest BCUT2D eigenvalue weighted by Crippen LogP contribution is 2.39. The van der Waals surface area contributed by atoms with Gasteiger partial charge in [-0.05, 0) is 49.4 Å². The maximum Gasteiger partial charge on any atom is 0.412 e. The summed E-state index contributed by atoms with van der Waals surface area (Å²) >= 11 is 14.6. The van der Waals surface area contributed by atoms with Gasteiger partial charge in [0.1, 0.15) is 12.1 Å². The molecule has 0 unspecified atom stereocenters. The van der Waals surface area contributed by atoms with Crippen molar-refractivity contribution in [1.82, 2.24) is 4.57 Å². The number of hydrogen-bond acceptors (Lipinski definition) is 3. The summed E-state index contributed by atoms with van der Waals surface area (Å²) in [5.41, 5.74) is 0.486. The number of carbonyl (C=O) groups is 1. The third-order valence-electron chi connectivity index (χ3n) is 2.87. The molecule has 122 valence electrons. The molecule has 0 spiro atoms. The number of aromatic nitrogens is 1. The molecule has 0 aliphatic heterocycles. The fraction of sp³-hybridized carbons (Fsp3) is 0.333. The number of ether oxygens (including phenoxy) is 1. The SMILES string of the molecule is CC(C)(C)OC(=O)Nc1cc(Cl)c(Cl)c2c1c(I)cn2CC#N. The number of nitrogens with one attached hydrogen (secondary N) is 1. The molecule has 0 bridgehead atoms. The molecule has 2 rings (SSSR count). The fourth-order valence-corrected chi connectivity index (χ4v) is 3.44. The number of fused-ring (bicyclic) bond motifs is 1. The smallest absolute Gasteiger partial charge is 0.412 e. The maximum absolute atomic E-state index is 12.0. The number of hydrogen-bond donors (Lipinski definition) is 1. The molecule has 1 heterocycles. The summed E-state index contributed by atoms with van der Waals surface area (Å²) in [4.78, 5) is 12.0. The second-order valence-corrected chi connectivity index (χ2v) is 7.78. The van der Waals surface area contributed by atoms with Crippen molar-refractivity contribution in [3.8, 4) is 6.07 Å². The summed E-state index contributed by atoms with van der Waals surface area (Å²) in [5.74, 6) is 0. The van der Waals surface area contributed by atoms with E-state index in [1.165, 1.54) is 0 Å². The van der Waals surface area contributed by atoms with Crippen LogP contribution >= 0.6 is 45.8 Å². The Morgan fingerprint density at radius 3 is 2.70 bits per heavy atom. The average Bonchev–Trinajstić information content (AvgIpc) is 2.71. The van der Waals surface area contributed by atoms with E-state index in [1.54, 1.807) is 37.6 Å². The van der Waals surface area contributed by atoms with Crippen LogP contribution in [-0.4, -0.2) is 16.3 Å². The summed E-state index contributed by atoms with van der Waals surface area (Å²) in [6.45, 7) is 5.48. The molecule has 0 saturated heterocycles. The molecule has 0 fully saturated rings. The first-order valence-corrected chi connectivity index (χ1v) is 8.51. The van der Waals surface area contributed by atoms with Gasteiger partial charge in [0.05, 0.1) is 27.3 Å². The normalized spacial score (nSPS) is 11.3. The summed E-state index contributed by atoms with van der Waals surface area (Å²) in [6, 6.07) is 3.65. The number of benzene rings is 1. The third kappa shape index (κ3) is 4.03. The van der Waals surface area contributed by atoms with E-state index < -0.39 is 11.7 Å². The van der Waals surface area contributed by atoms with Crippen molar-refractivity contribution >= 4 is 68.5 Å². The molecular weight excluding hydrogens is 452 g/mol. The van der Waals surface area contributed by atoms with Crippen molar-refractivity contribution in [1.29, 1.82) is 5.26 Å². The van der Waals surface area contributed by atoms with Crippen LogP contribution in [0.2, 0.25) is 10.0 Å². The highest BCUT2D eigenvalue weighted by atomic mass is 127. The number of amides is 1. The van der Waals surface area contributed by atoms with Crippen LogP contribution in [0.25, 0.3) is 10.9 Å². The van der Waals surface area contributed by atoms with Crippen LogP contribution < -0.4 is 5.32 Å². The Morgan fingerprint density at radius 1 is 1.48 bits per heavy atom. The predicted octanol–water partition coefficient (Wildman–Crippen LogP) is 5.42. The van der Waals surface area contributed by atoms with Gasteiger partial charge in [-0.25, -0.2) is 4.79 Å². The van der Waals surface area contributed by atoms with E-state index in [1.807, 2.05) is 0 Å². The fourth-order valence-electron chi connectivity index (χ4n) is 2.10. The van der Waals surface area contributed by atoms with Gasteiger partial charge in [0.25, 0.3) is 0 Å². The molecule has 1 amide bonds. The van der Waals surface area contributed by atoms with E-state index in [2.05, 4.69) is 34.0 Å². The van der Waals surface area contributed by atoms with Crippen LogP contribution in [-0.2, 0) is 11.3 Å². The Morgan fingerprint density at radius 2 is 2.13 bits per heavy atom. The van der Waals surface area contributed by atoms with Gasteiger partial charge in [0, 0.05) is 15.2 Å². The molecule has 8 heteroatoms. The molecule has 2 aromatic rings. The van der Waals surface area contributed by atoms with Crippen molar-refractivity contribution < 1.29 is 9.53 Å². The molecule has 5 nitrogen and oxygen atoms in total. The van der Waals surface area contributed by atoms with Crippen LogP contribution in [0.15, 0.2) is 12.3 Å². The van der Waals surface area contributed by atoms with Crippen LogP contribution in [0.5, 0.6) is 0 Å². The minimum Gasteiger partial charge on any atom is -0.444 e. The van der Waals surface area contributed by atoms with Gasteiger partial charge in [-0.1, -0.05) is 23.2 Å². The molecule has 1 aromatic carbocycles. The van der Waals surface area contributed by atoms with E-state index in [-0.39, 0.29) is 6.54 Å². The quantitative estimate of drug-likeness (QED) is 0.602. The van der Waals surface area contributed by atoms with Crippen molar-refractivity contribution in [3.63, 3.8) is 0 Å². The maximum atomic E-state index is 12.0. The number of rotatable bonds is 2. The lowest BCUT2D eigenvalue weighted by atomic mass is 10.2. The number of halogens is 3. The molecule has 0 saturated carbocycles. The number of nitriles is 1. The van der Waals surface area contributed by atoms with Gasteiger partial charge in [0.15, 0.2) is 0 Å².